The number of thiophene rings is 2. The van der Waals surface area contributed by atoms with Crippen LogP contribution in [0.15, 0.2) is 81.5 Å². The second-order valence-electron chi connectivity index (χ2n) is 8.67. The molecule has 2 aromatic heterocycles. The lowest BCUT2D eigenvalue weighted by Gasteiger charge is -2.15. The Kier molecular flexibility index (Phi) is 6.61. The highest BCUT2D eigenvalue weighted by molar-refractivity contribution is 7.58. The van der Waals surface area contributed by atoms with Gasteiger partial charge in [0, 0.05) is 30.6 Å². The summed E-state index contributed by atoms with van der Waals surface area (Å²) < 4.78 is 55.9. The van der Waals surface area contributed by atoms with Gasteiger partial charge in [0.2, 0.25) is 0 Å². The van der Waals surface area contributed by atoms with Crippen molar-refractivity contribution in [1.82, 2.24) is 0 Å². The second-order valence-corrected chi connectivity index (χ2v) is 11.4. The van der Waals surface area contributed by atoms with Gasteiger partial charge in [0.15, 0.2) is 0 Å². The molecule has 0 unspecified atom stereocenters. The number of hydrogen-bond acceptors (Lipinski definition) is 8. The molecule has 0 amide bonds. The van der Waals surface area contributed by atoms with Gasteiger partial charge in [-0.15, -0.1) is 35.8 Å². The van der Waals surface area contributed by atoms with Gasteiger partial charge in [0.05, 0.1) is 29.8 Å². The maximum absolute atomic E-state index is 12.5. The van der Waals surface area contributed by atoms with E-state index in [1.54, 1.807) is 30.6 Å². The van der Waals surface area contributed by atoms with Gasteiger partial charge in [-0.25, -0.2) is 0 Å². The molecule has 0 radical (unpaired) electrons. The van der Waals surface area contributed by atoms with Crippen LogP contribution in [-0.4, -0.2) is 13.5 Å². The van der Waals surface area contributed by atoms with Gasteiger partial charge in [-0.1, -0.05) is 0 Å². The predicted molar refractivity (Wildman–Crippen MR) is 158 cm³/mol. The third-order valence-electron chi connectivity index (χ3n) is 6.24. The monoisotopic (exact) mass is 596 g/mol. The van der Waals surface area contributed by atoms with Crippen LogP contribution in [0.4, 0.5) is 35.9 Å². The van der Waals surface area contributed by atoms with Crippen LogP contribution in [-0.2, 0) is 11.4 Å². The quantitative estimate of drug-likeness (QED) is 0.187. The number of methoxy groups -OCH3 is 1. The molecule has 0 fully saturated rings. The molecule has 0 atom stereocenters. The van der Waals surface area contributed by atoms with E-state index in [1.807, 2.05) is 48.5 Å². The number of rotatable bonds is 6. The van der Waals surface area contributed by atoms with Crippen LogP contribution < -0.4 is 20.9 Å². The first kappa shape index (κ1) is 26.1. The molecule has 4 N–H and O–H groups in total. The average Bonchev–Trinajstić information content (AvgIpc) is 3.71. The van der Waals surface area contributed by atoms with Crippen molar-refractivity contribution < 1.29 is 22.6 Å². The molecule has 0 spiro atoms. The largest absolute Gasteiger partial charge is 0.573 e. The van der Waals surface area contributed by atoms with Crippen molar-refractivity contribution in [3.05, 3.63) is 72.8 Å². The van der Waals surface area contributed by atoms with Gasteiger partial charge in [-0.3, -0.25) is 0 Å². The lowest BCUT2D eigenvalue weighted by Crippen LogP contribution is -2.16. The number of anilines is 2. The maximum atomic E-state index is 12.5. The molecule has 6 rings (SSSR count). The summed E-state index contributed by atoms with van der Waals surface area (Å²) in [6.07, 6.45) is -4.74. The van der Waals surface area contributed by atoms with Gasteiger partial charge in [-0.2, -0.15) is 8.73 Å². The fourth-order valence-electron chi connectivity index (χ4n) is 4.37. The summed E-state index contributed by atoms with van der Waals surface area (Å²) in [5.74, 6) is 0.507. The second kappa shape index (κ2) is 10.1. The van der Waals surface area contributed by atoms with E-state index in [4.69, 9.17) is 16.2 Å². The summed E-state index contributed by atoms with van der Waals surface area (Å²) in [4.78, 5) is 3.65. The Morgan fingerprint density at radius 1 is 0.625 bits per heavy atom. The normalized spacial score (nSPS) is 12.3. The third kappa shape index (κ3) is 4.85. The van der Waals surface area contributed by atoms with Crippen molar-refractivity contribution in [1.29, 1.82) is 0 Å². The first-order valence-corrected chi connectivity index (χ1v) is 14.1. The number of benzene rings is 3. The zero-order chi connectivity index (χ0) is 28.0. The highest BCUT2D eigenvalue weighted by Gasteiger charge is 2.31. The Hall–Kier alpha value is -4.13. The van der Waals surface area contributed by atoms with Crippen molar-refractivity contribution in [2.45, 2.75) is 6.36 Å². The number of ether oxygens (including phenoxy) is 2. The van der Waals surface area contributed by atoms with Crippen LogP contribution >= 0.6 is 22.7 Å². The summed E-state index contributed by atoms with van der Waals surface area (Å²) in [7, 11) is 1.63. The first-order valence-electron chi connectivity index (χ1n) is 11.8. The first-order chi connectivity index (χ1) is 19.2. The van der Waals surface area contributed by atoms with E-state index in [2.05, 4.69) is 13.5 Å². The summed E-state index contributed by atoms with van der Waals surface area (Å²) in [6, 6.07) is 21.4. The SMILES string of the molecule is COc1ccc(-c2ccc(-c3c(N)c(N)c(-c4ccc(-c5ccc(OC(F)(F)F)cc5)s4)c4c3N=S=N4)s2)cc1. The fraction of sp³-hybridized carbons (Fsp3) is 0.0714. The van der Waals surface area contributed by atoms with Crippen molar-refractivity contribution in [3.63, 3.8) is 0 Å². The van der Waals surface area contributed by atoms with E-state index in [-0.39, 0.29) is 5.75 Å². The highest BCUT2D eigenvalue weighted by Crippen LogP contribution is 2.56. The van der Waals surface area contributed by atoms with Gasteiger partial charge in [0.25, 0.3) is 0 Å². The number of halogens is 3. The van der Waals surface area contributed by atoms with Crippen LogP contribution in [0.25, 0.3) is 41.8 Å². The molecule has 1 aliphatic rings. The number of hydrogen-bond donors (Lipinski definition) is 2. The van der Waals surface area contributed by atoms with Crippen LogP contribution in [0.1, 0.15) is 0 Å². The Labute approximate surface area is 238 Å². The minimum absolute atomic E-state index is 0.278. The summed E-state index contributed by atoms with van der Waals surface area (Å²) in [6.45, 7) is 0. The lowest BCUT2D eigenvalue weighted by atomic mass is 9.99. The topological polar surface area (TPSA) is 95.2 Å². The molecular weight excluding hydrogens is 578 g/mol. The van der Waals surface area contributed by atoms with Gasteiger partial charge in [-0.05, 0) is 83.9 Å². The predicted octanol–water partition coefficient (Wildman–Crippen LogP) is 9.28. The summed E-state index contributed by atoms with van der Waals surface area (Å²) in [5.41, 5.74) is 18.6. The number of nitrogens with two attached hydrogens (primary N) is 2. The maximum Gasteiger partial charge on any atom is 0.573 e. The Morgan fingerprint density at radius 3 is 1.48 bits per heavy atom. The lowest BCUT2D eigenvalue weighted by molar-refractivity contribution is -0.274. The minimum atomic E-state index is -4.74. The number of nitrogens with zero attached hydrogens (tertiary/aromatic N) is 2. The smallest absolute Gasteiger partial charge is 0.497 e. The molecule has 5 aromatic rings. The van der Waals surface area contributed by atoms with Crippen LogP contribution in [0.5, 0.6) is 11.5 Å². The van der Waals surface area contributed by atoms with Crippen molar-refractivity contribution >= 4 is 56.8 Å². The van der Waals surface area contributed by atoms with E-state index >= 15 is 0 Å². The number of alkyl halides is 3. The summed E-state index contributed by atoms with van der Waals surface area (Å²) >= 11 is 4.10. The van der Waals surface area contributed by atoms with Gasteiger partial charge < -0.3 is 20.9 Å². The molecule has 0 bridgehead atoms. The molecule has 0 saturated heterocycles. The average molecular weight is 597 g/mol. The fourth-order valence-corrected chi connectivity index (χ4v) is 7.07. The molecule has 3 aromatic carbocycles. The molecule has 0 aliphatic carbocycles. The molecule has 40 heavy (non-hydrogen) atoms. The van der Waals surface area contributed by atoms with E-state index in [0.29, 0.717) is 28.3 Å². The van der Waals surface area contributed by atoms with Gasteiger partial charge >= 0.3 is 6.36 Å². The van der Waals surface area contributed by atoms with E-state index in [0.717, 1.165) is 53.3 Å². The van der Waals surface area contributed by atoms with Crippen molar-refractivity contribution in [2.24, 2.45) is 8.73 Å². The molecule has 1 aliphatic heterocycles. The zero-order valence-electron chi connectivity index (χ0n) is 20.7. The summed E-state index contributed by atoms with van der Waals surface area (Å²) in [5, 5.41) is 0. The Balaban J connectivity index is 1.36. The van der Waals surface area contributed by atoms with Crippen molar-refractivity contribution in [3.8, 4) is 53.3 Å². The van der Waals surface area contributed by atoms with E-state index < -0.39 is 6.36 Å². The highest BCUT2D eigenvalue weighted by atomic mass is 32.1. The van der Waals surface area contributed by atoms with Crippen LogP contribution in [0.3, 0.4) is 0 Å². The molecule has 0 saturated carbocycles. The third-order valence-corrected chi connectivity index (χ3v) is 9.07. The Bertz CT molecular complexity index is 1800. The molecule has 6 nitrogen and oxygen atoms in total. The van der Waals surface area contributed by atoms with Crippen LogP contribution in [0, 0.1) is 0 Å². The molecular formula is C28H19F3N4O2S3. The molecule has 202 valence electrons. The number of nitrogen functional groups attached to an aromatic ring is 2. The molecule has 12 heteroatoms. The standard InChI is InChI=1S/C28H19F3N4O2S3/c1-36-16-6-2-14(3-7-16)18-10-12-20(38-18)22-24(32)25(33)23(27-26(22)34-40-35-27)21-13-11-19(39-21)15-4-8-17(9-5-15)37-28(29,30)31/h2-13H,32-33H2,1H3. The van der Waals surface area contributed by atoms with Crippen LogP contribution in [0.2, 0.25) is 0 Å². The molecule has 3 heterocycles. The zero-order valence-corrected chi connectivity index (χ0v) is 23.1. The van der Waals surface area contributed by atoms with Crippen molar-refractivity contribution in [2.75, 3.05) is 18.6 Å². The number of fused-ring (bicyclic) bond motifs is 1. The van der Waals surface area contributed by atoms with E-state index in [9.17, 15) is 13.2 Å². The minimum Gasteiger partial charge on any atom is -0.497 e. The van der Waals surface area contributed by atoms with E-state index in [1.165, 1.54) is 23.5 Å². The Morgan fingerprint density at radius 2 is 1.05 bits per heavy atom. The van der Waals surface area contributed by atoms with Gasteiger partial charge in [0.1, 0.15) is 22.9 Å².